The Labute approximate surface area is 191 Å². The molecule has 2 heteroatoms. The zero-order valence-corrected chi connectivity index (χ0v) is 20.9. The molecule has 2 nitrogen and oxygen atoms in total. The molecule has 0 heterocycles. The quantitative estimate of drug-likeness (QED) is 0.447. The minimum atomic E-state index is -0.245. The maximum atomic E-state index is 10.5. The average Bonchev–Trinajstić information content (AvgIpc) is 3.06. The van der Waals surface area contributed by atoms with Crippen LogP contribution in [-0.4, -0.2) is 11.2 Å². The van der Waals surface area contributed by atoms with Crippen LogP contribution in [0.25, 0.3) is 0 Å². The first-order valence-corrected chi connectivity index (χ1v) is 13.5. The van der Waals surface area contributed by atoms with Crippen molar-refractivity contribution in [1.29, 1.82) is 5.26 Å². The van der Waals surface area contributed by atoms with Crippen molar-refractivity contribution in [2.24, 2.45) is 52.3 Å². The van der Waals surface area contributed by atoms with Gasteiger partial charge in [0, 0.05) is 6.42 Å². The highest BCUT2D eigenvalue weighted by Gasteiger charge is 2.60. The molecule has 0 bridgehead atoms. The molecule has 0 spiro atoms. The van der Waals surface area contributed by atoms with E-state index in [-0.39, 0.29) is 11.5 Å². The van der Waals surface area contributed by atoms with Crippen LogP contribution in [0.4, 0.5) is 0 Å². The second-order valence-corrected chi connectivity index (χ2v) is 12.8. The summed E-state index contributed by atoms with van der Waals surface area (Å²) in [6.07, 6.45) is 15.5. The largest absolute Gasteiger partial charge is 0.393 e. The molecule has 9 atom stereocenters. The summed E-state index contributed by atoms with van der Waals surface area (Å²) in [7, 11) is 0. The van der Waals surface area contributed by atoms with E-state index in [0.29, 0.717) is 23.7 Å². The summed E-state index contributed by atoms with van der Waals surface area (Å²) < 4.78 is 0. The summed E-state index contributed by atoms with van der Waals surface area (Å²) in [5.41, 5.74) is 2.15. The van der Waals surface area contributed by atoms with Crippen LogP contribution in [0.1, 0.15) is 105 Å². The van der Waals surface area contributed by atoms with Gasteiger partial charge in [-0.05, 0) is 97.2 Å². The molecule has 0 radical (unpaired) electrons. The van der Waals surface area contributed by atoms with Crippen LogP contribution in [0.15, 0.2) is 11.6 Å². The lowest BCUT2D eigenvalue weighted by Crippen LogP contribution is -2.53. The second-order valence-electron chi connectivity index (χ2n) is 12.8. The van der Waals surface area contributed by atoms with Crippen molar-refractivity contribution in [1.82, 2.24) is 0 Å². The van der Waals surface area contributed by atoms with Gasteiger partial charge in [0.1, 0.15) is 0 Å². The van der Waals surface area contributed by atoms with Crippen LogP contribution in [0.2, 0.25) is 0 Å². The van der Waals surface area contributed by atoms with Gasteiger partial charge in [0.25, 0.3) is 0 Å². The summed E-state index contributed by atoms with van der Waals surface area (Å²) >= 11 is 0. The standard InChI is InChI=1S/C29H47NO/c1-19(2)7-6-8-20(3)25-11-12-26-24-10-9-21-17-23(31)18-22(14-16-30)29(21,5)27(24)13-15-28(25,26)4/h9,19-20,22-27,31H,6-8,10-15,17-18H2,1-5H3/t20-,22?,23-,24+,25-,26+,27+,28-,29-/m1/s1. The van der Waals surface area contributed by atoms with E-state index < -0.39 is 0 Å². The molecule has 31 heavy (non-hydrogen) atoms. The highest BCUT2D eigenvalue weighted by molar-refractivity contribution is 5.27. The van der Waals surface area contributed by atoms with Gasteiger partial charge >= 0.3 is 0 Å². The molecule has 4 rings (SSSR count). The lowest BCUT2D eigenvalue weighted by Gasteiger charge is -2.60. The van der Waals surface area contributed by atoms with Crippen molar-refractivity contribution < 1.29 is 5.11 Å². The number of rotatable bonds is 6. The van der Waals surface area contributed by atoms with Gasteiger partial charge in [-0.3, -0.25) is 0 Å². The lowest BCUT2D eigenvalue weighted by atomic mass is 9.44. The second kappa shape index (κ2) is 8.85. The molecule has 4 aliphatic carbocycles. The minimum Gasteiger partial charge on any atom is -0.393 e. The predicted octanol–water partition coefficient (Wildman–Crippen LogP) is 7.53. The van der Waals surface area contributed by atoms with E-state index in [1.54, 1.807) is 0 Å². The highest BCUT2D eigenvalue weighted by atomic mass is 16.3. The third-order valence-corrected chi connectivity index (χ3v) is 10.9. The molecule has 1 N–H and O–H groups in total. The smallest absolute Gasteiger partial charge is 0.0625 e. The number of aliphatic hydroxyl groups is 1. The fraction of sp³-hybridized carbons (Fsp3) is 0.897. The van der Waals surface area contributed by atoms with Gasteiger partial charge in [0.05, 0.1) is 12.2 Å². The van der Waals surface area contributed by atoms with E-state index in [4.69, 9.17) is 0 Å². The lowest BCUT2D eigenvalue weighted by molar-refractivity contribution is -0.0783. The van der Waals surface area contributed by atoms with Gasteiger partial charge in [0.15, 0.2) is 0 Å². The highest BCUT2D eigenvalue weighted by Crippen LogP contribution is 2.68. The topological polar surface area (TPSA) is 44.0 Å². The van der Waals surface area contributed by atoms with Crippen molar-refractivity contribution in [3.63, 3.8) is 0 Å². The average molecular weight is 426 g/mol. The Morgan fingerprint density at radius 1 is 1.13 bits per heavy atom. The predicted molar refractivity (Wildman–Crippen MR) is 128 cm³/mol. The van der Waals surface area contributed by atoms with Crippen LogP contribution >= 0.6 is 0 Å². The molecule has 4 aliphatic rings. The zero-order chi connectivity index (χ0) is 22.4. The van der Waals surface area contributed by atoms with Crippen molar-refractivity contribution in [3.05, 3.63) is 11.6 Å². The van der Waals surface area contributed by atoms with Crippen LogP contribution in [0, 0.1) is 63.6 Å². The van der Waals surface area contributed by atoms with Gasteiger partial charge in [-0.2, -0.15) is 5.26 Å². The molecule has 174 valence electrons. The summed E-state index contributed by atoms with van der Waals surface area (Å²) in [6.45, 7) is 12.4. The Morgan fingerprint density at radius 3 is 2.61 bits per heavy atom. The summed E-state index contributed by atoms with van der Waals surface area (Å²) in [6, 6.07) is 2.48. The molecular formula is C29H47NO. The number of fused-ring (bicyclic) bond motifs is 5. The Kier molecular flexibility index (Phi) is 6.67. The first kappa shape index (κ1) is 23.4. The van der Waals surface area contributed by atoms with E-state index >= 15 is 0 Å². The molecule has 0 saturated heterocycles. The van der Waals surface area contributed by atoms with Gasteiger partial charge < -0.3 is 5.11 Å². The summed E-state index contributed by atoms with van der Waals surface area (Å²) in [5.74, 6) is 5.26. The third kappa shape index (κ3) is 3.92. The molecular weight excluding hydrogens is 378 g/mol. The Hall–Kier alpha value is -0.810. The SMILES string of the molecule is CC(C)CCC[C@@H](C)[C@H]1CC[C@H]2[C@@H]3CC=C4C[C@@H](O)CC(CC#N)[C@]4(C)[C@H]3CC[C@]12C. The molecule has 0 aliphatic heterocycles. The molecule has 0 aromatic carbocycles. The van der Waals surface area contributed by atoms with Crippen molar-refractivity contribution in [2.45, 2.75) is 111 Å². The number of aliphatic hydroxyl groups excluding tert-OH is 1. The fourth-order valence-corrected chi connectivity index (χ4v) is 9.31. The number of nitriles is 1. The van der Waals surface area contributed by atoms with Crippen molar-refractivity contribution in [2.75, 3.05) is 0 Å². The fourth-order valence-electron chi connectivity index (χ4n) is 9.31. The molecule has 0 amide bonds. The summed E-state index contributed by atoms with van der Waals surface area (Å²) in [5, 5.41) is 20.0. The van der Waals surface area contributed by atoms with Gasteiger partial charge in [-0.25, -0.2) is 0 Å². The maximum absolute atomic E-state index is 10.5. The van der Waals surface area contributed by atoms with Gasteiger partial charge in [-0.1, -0.05) is 65.5 Å². The van der Waals surface area contributed by atoms with Crippen LogP contribution in [0.5, 0.6) is 0 Å². The van der Waals surface area contributed by atoms with E-state index in [1.807, 2.05) is 0 Å². The van der Waals surface area contributed by atoms with Gasteiger partial charge in [0.2, 0.25) is 0 Å². The van der Waals surface area contributed by atoms with Crippen molar-refractivity contribution >= 4 is 0 Å². The zero-order valence-electron chi connectivity index (χ0n) is 20.9. The monoisotopic (exact) mass is 425 g/mol. The number of hydrogen-bond donors (Lipinski definition) is 1. The number of nitrogens with zero attached hydrogens (tertiary/aromatic N) is 1. The van der Waals surface area contributed by atoms with E-state index in [0.717, 1.165) is 42.4 Å². The number of allylic oxidation sites excluding steroid dienone is 1. The molecule has 0 aromatic rings. The van der Waals surface area contributed by atoms with Crippen LogP contribution in [0.3, 0.4) is 0 Å². The Morgan fingerprint density at radius 2 is 1.90 bits per heavy atom. The molecule has 1 unspecified atom stereocenters. The molecule has 3 fully saturated rings. The third-order valence-electron chi connectivity index (χ3n) is 10.9. The van der Waals surface area contributed by atoms with Crippen LogP contribution < -0.4 is 0 Å². The maximum Gasteiger partial charge on any atom is 0.0625 e. The Bertz CT molecular complexity index is 719. The first-order valence-electron chi connectivity index (χ1n) is 13.5. The van der Waals surface area contributed by atoms with Crippen molar-refractivity contribution in [3.8, 4) is 6.07 Å². The molecule has 0 aromatic heterocycles. The first-order chi connectivity index (χ1) is 14.7. The van der Waals surface area contributed by atoms with Gasteiger partial charge in [-0.15, -0.1) is 0 Å². The number of hydrogen-bond acceptors (Lipinski definition) is 2. The normalized spacial score (nSPS) is 45.3. The van der Waals surface area contributed by atoms with Crippen LogP contribution in [-0.2, 0) is 0 Å². The van der Waals surface area contributed by atoms with E-state index in [2.05, 4.69) is 46.8 Å². The molecule has 3 saturated carbocycles. The summed E-state index contributed by atoms with van der Waals surface area (Å²) in [4.78, 5) is 0. The van der Waals surface area contributed by atoms with E-state index in [9.17, 15) is 10.4 Å². The Balaban J connectivity index is 1.54. The minimum absolute atomic E-state index is 0.139. The van der Waals surface area contributed by atoms with E-state index in [1.165, 1.54) is 56.9 Å².